The summed E-state index contributed by atoms with van der Waals surface area (Å²) in [4.78, 5) is 5.21. The molecular weight excluding hydrogens is 880 g/mol. The van der Waals surface area contributed by atoms with E-state index in [1.807, 2.05) is 46.9 Å². The first kappa shape index (κ1) is 42.3. The molecule has 0 fully saturated rings. The zero-order chi connectivity index (χ0) is 47.3. The molecule has 0 saturated carbocycles. The molecule has 0 N–H and O–H groups in total. The SMILES string of the molecule is CC(C)(C)c1cc2c3c(c1)N(c1ccc(-c4cc5ccccc5o4)cc1)c1c(sc4ccc(C(C)(C)C)cc14)B3c1sc3ccc(C(C)(C)C)cc3c1N2c1ccc(-c2cc3ccccc3o2)cc1. The summed E-state index contributed by atoms with van der Waals surface area (Å²) >= 11 is 3.94. The van der Waals surface area contributed by atoms with Gasteiger partial charge in [0.1, 0.15) is 22.7 Å². The van der Waals surface area contributed by atoms with Gasteiger partial charge in [-0.1, -0.05) is 111 Å². The highest BCUT2D eigenvalue weighted by Crippen LogP contribution is 2.52. The van der Waals surface area contributed by atoms with Gasteiger partial charge in [-0.15, -0.1) is 22.7 Å². The minimum Gasteiger partial charge on any atom is -0.456 e. The van der Waals surface area contributed by atoms with Crippen LogP contribution < -0.4 is 24.8 Å². The molecular formula is C62H53BN2O2S2. The number of para-hydroxylation sites is 2. The van der Waals surface area contributed by atoms with Gasteiger partial charge in [0, 0.05) is 74.4 Å². The van der Waals surface area contributed by atoms with Gasteiger partial charge in [0.2, 0.25) is 0 Å². The Morgan fingerprint density at radius 1 is 0.420 bits per heavy atom. The van der Waals surface area contributed by atoms with E-state index >= 15 is 0 Å². The molecule has 6 heterocycles. The average molecular weight is 933 g/mol. The number of thiophene rings is 2. The summed E-state index contributed by atoms with van der Waals surface area (Å²) in [7, 11) is 0. The van der Waals surface area contributed by atoms with E-state index in [-0.39, 0.29) is 23.0 Å². The van der Waals surface area contributed by atoms with E-state index in [9.17, 15) is 0 Å². The molecule has 338 valence electrons. The Labute approximate surface area is 412 Å². The summed E-state index contributed by atoms with van der Waals surface area (Å²) in [6, 6.07) is 58.5. The van der Waals surface area contributed by atoms with Crippen molar-refractivity contribution in [1.82, 2.24) is 0 Å². The maximum absolute atomic E-state index is 6.41. The third kappa shape index (κ3) is 6.68. The second-order valence-corrected chi connectivity index (χ2v) is 24.4. The van der Waals surface area contributed by atoms with Crippen LogP contribution in [0.3, 0.4) is 0 Å². The number of fused-ring (bicyclic) bond motifs is 10. The Morgan fingerprint density at radius 2 is 0.826 bits per heavy atom. The van der Waals surface area contributed by atoms with E-state index in [1.54, 1.807) is 0 Å². The smallest absolute Gasteiger partial charge is 0.277 e. The zero-order valence-corrected chi connectivity index (χ0v) is 42.2. The fourth-order valence-electron chi connectivity index (χ4n) is 10.7. The topological polar surface area (TPSA) is 32.8 Å². The van der Waals surface area contributed by atoms with E-state index in [0.717, 1.165) is 56.0 Å². The lowest BCUT2D eigenvalue weighted by Crippen LogP contribution is -2.59. The van der Waals surface area contributed by atoms with Gasteiger partial charge in [-0.3, -0.25) is 0 Å². The summed E-state index contributed by atoms with van der Waals surface area (Å²) < 4.78 is 18.2. The Hall–Kier alpha value is -6.80. The van der Waals surface area contributed by atoms with Crippen molar-refractivity contribution in [2.45, 2.75) is 78.6 Å². The molecule has 2 aliphatic rings. The van der Waals surface area contributed by atoms with Crippen molar-refractivity contribution in [2.75, 3.05) is 9.80 Å². The molecule has 0 unspecified atom stereocenters. The minimum absolute atomic E-state index is 0.0179. The standard InChI is InChI=1S/C62H53BN2O2S2/c1-60(2,3)40-22-28-53-45(32-40)56-58(68-53)63-55-47(64(56)43-24-18-36(19-25-43)51-30-38-14-10-12-16-49(38)66-51)34-42(62(7,8)9)35-48(55)65(57-46-33-41(61(4,5)6)23-29-54(46)69-59(57)63)44-26-20-37(21-27-44)52-31-39-15-11-13-17-50(39)67-52/h10-35H,1-9H3. The maximum atomic E-state index is 6.41. The number of hydrogen-bond acceptors (Lipinski definition) is 6. The van der Waals surface area contributed by atoms with Crippen LogP contribution in [-0.4, -0.2) is 6.71 Å². The van der Waals surface area contributed by atoms with Crippen molar-refractivity contribution < 1.29 is 8.83 Å². The Balaban J connectivity index is 1.09. The van der Waals surface area contributed by atoms with Crippen LogP contribution in [0, 0.1) is 0 Å². The number of benzene rings is 7. The van der Waals surface area contributed by atoms with E-state index in [2.05, 4.69) is 206 Å². The minimum atomic E-state index is -0.151. The fraction of sp³-hybridized carbons (Fsp3) is 0.194. The number of nitrogens with zero attached hydrogens (tertiary/aromatic N) is 2. The van der Waals surface area contributed by atoms with E-state index in [0.29, 0.717) is 0 Å². The van der Waals surface area contributed by atoms with Gasteiger partial charge in [0.05, 0.1) is 11.4 Å². The number of furan rings is 2. The first-order chi connectivity index (χ1) is 33.1. The maximum Gasteiger partial charge on any atom is 0.277 e. The van der Waals surface area contributed by atoms with Crippen LogP contribution in [0.15, 0.2) is 167 Å². The molecule has 0 spiro atoms. The summed E-state index contributed by atoms with van der Waals surface area (Å²) in [5.41, 5.74) is 16.3. The van der Waals surface area contributed by atoms with Gasteiger partial charge < -0.3 is 18.6 Å². The number of rotatable bonds is 4. The predicted molar refractivity (Wildman–Crippen MR) is 298 cm³/mol. The molecule has 0 radical (unpaired) electrons. The van der Waals surface area contributed by atoms with Gasteiger partial charge in [0.15, 0.2) is 0 Å². The van der Waals surface area contributed by atoms with Gasteiger partial charge >= 0.3 is 0 Å². The third-order valence-electron chi connectivity index (χ3n) is 14.5. The molecule has 13 rings (SSSR count). The van der Waals surface area contributed by atoms with E-state index in [1.165, 1.54) is 74.6 Å². The van der Waals surface area contributed by atoms with E-state index < -0.39 is 0 Å². The quantitative estimate of drug-likeness (QED) is 0.165. The molecule has 0 bridgehead atoms. The van der Waals surface area contributed by atoms with Crippen molar-refractivity contribution in [3.8, 4) is 22.6 Å². The molecule has 0 aliphatic carbocycles. The molecule has 0 saturated heterocycles. The average Bonchev–Trinajstić information content (AvgIpc) is 4.13. The zero-order valence-electron chi connectivity index (χ0n) is 40.6. The fourth-order valence-corrected chi connectivity index (χ4v) is 13.3. The van der Waals surface area contributed by atoms with Crippen LogP contribution in [0.2, 0.25) is 0 Å². The Morgan fingerprint density at radius 3 is 1.22 bits per heavy atom. The van der Waals surface area contributed by atoms with Crippen LogP contribution >= 0.6 is 22.7 Å². The number of hydrogen-bond donors (Lipinski definition) is 0. The van der Waals surface area contributed by atoms with Crippen LogP contribution in [-0.2, 0) is 16.2 Å². The highest BCUT2D eigenvalue weighted by Gasteiger charge is 2.48. The van der Waals surface area contributed by atoms with Crippen molar-refractivity contribution >= 4 is 121 Å². The normalized spacial score (nSPS) is 13.8. The van der Waals surface area contributed by atoms with Crippen LogP contribution in [0.4, 0.5) is 34.1 Å². The molecule has 11 aromatic rings. The van der Waals surface area contributed by atoms with Crippen LogP contribution in [0.5, 0.6) is 0 Å². The Bertz CT molecular complexity index is 3560. The van der Waals surface area contributed by atoms with Crippen molar-refractivity contribution in [3.63, 3.8) is 0 Å². The molecule has 4 nitrogen and oxygen atoms in total. The highest BCUT2D eigenvalue weighted by atomic mass is 32.1. The van der Waals surface area contributed by atoms with Gasteiger partial charge in [-0.05, 0) is 148 Å². The molecule has 7 heteroatoms. The van der Waals surface area contributed by atoms with Crippen molar-refractivity contribution in [3.05, 3.63) is 174 Å². The van der Waals surface area contributed by atoms with E-state index in [4.69, 9.17) is 8.83 Å². The van der Waals surface area contributed by atoms with Gasteiger partial charge in [0.25, 0.3) is 6.71 Å². The highest BCUT2D eigenvalue weighted by molar-refractivity contribution is 7.40. The van der Waals surface area contributed by atoms with Crippen LogP contribution in [0.25, 0.3) is 64.8 Å². The largest absolute Gasteiger partial charge is 0.456 e. The van der Waals surface area contributed by atoms with Gasteiger partial charge in [-0.2, -0.15) is 0 Å². The van der Waals surface area contributed by atoms with Crippen LogP contribution in [0.1, 0.15) is 79.0 Å². The summed E-state index contributed by atoms with van der Waals surface area (Å²) in [6.45, 7) is 21.0. The molecule has 0 atom stereocenters. The second-order valence-electron chi connectivity index (χ2n) is 22.2. The summed E-state index contributed by atoms with van der Waals surface area (Å²) in [5, 5.41) is 4.83. The number of anilines is 6. The lowest BCUT2D eigenvalue weighted by molar-refractivity contribution is 0.590. The summed E-state index contributed by atoms with van der Waals surface area (Å²) in [5.74, 6) is 1.75. The monoisotopic (exact) mass is 932 g/mol. The molecule has 0 amide bonds. The van der Waals surface area contributed by atoms with Crippen molar-refractivity contribution in [2.24, 2.45) is 0 Å². The first-order valence-corrected chi connectivity index (χ1v) is 25.8. The lowest BCUT2D eigenvalue weighted by atomic mass is 9.39. The van der Waals surface area contributed by atoms with Gasteiger partial charge in [-0.25, -0.2) is 0 Å². The third-order valence-corrected chi connectivity index (χ3v) is 17.0. The molecule has 69 heavy (non-hydrogen) atoms. The molecule has 4 aromatic heterocycles. The lowest BCUT2D eigenvalue weighted by Gasteiger charge is -2.43. The molecule has 7 aromatic carbocycles. The summed E-state index contributed by atoms with van der Waals surface area (Å²) in [6.07, 6.45) is 0. The second kappa shape index (κ2) is 14.9. The molecule has 2 aliphatic heterocycles. The first-order valence-electron chi connectivity index (χ1n) is 24.2. The predicted octanol–water partition coefficient (Wildman–Crippen LogP) is 16.9. The Kier molecular flexibility index (Phi) is 9.11. The van der Waals surface area contributed by atoms with Crippen molar-refractivity contribution in [1.29, 1.82) is 0 Å².